The van der Waals surface area contributed by atoms with Crippen LogP contribution in [0.4, 0.5) is 0 Å². The molecule has 1 N–H and O–H groups in total. The van der Waals surface area contributed by atoms with E-state index in [9.17, 15) is 4.79 Å². The van der Waals surface area contributed by atoms with E-state index < -0.39 is 0 Å². The van der Waals surface area contributed by atoms with Crippen molar-refractivity contribution in [3.63, 3.8) is 0 Å². The van der Waals surface area contributed by atoms with E-state index in [0.717, 1.165) is 51.8 Å². The van der Waals surface area contributed by atoms with Gasteiger partial charge in [0.2, 0.25) is 5.91 Å². The molecule has 1 aromatic carbocycles. The molecule has 2 atom stereocenters. The summed E-state index contributed by atoms with van der Waals surface area (Å²) < 4.78 is 6.18. The number of thiophene rings is 1. The summed E-state index contributed by atoms with van der Waals surface area (Å²) >= 11 is 4.93. The quantitative estimate of drug-likeness (QED) is 0.195. The fraction of sp³-hybridized carbons (Fsp3) is 0.500. The van der Waals surface area contributed by atoms with Crippen LogP contribution >= 0.6 is 34.9 Å². The van der Waals surface area contributed by atoms with Crippen LogP contribution in [0.2, 0.25) is 0 Å². The van der Waals surface area contributed by atoms with E-state index >= 15 is 0 Å². The van der Waals surface area contributed by atoms with Gasteiger partial charge in [0.1, 0.15) is 9.86 Å². The van der Waals surface area contributed by atoms with Gasteiger partial charge in [0.15, 0.2) is 5.16 Å². The predicted molar refractivity (Wildman–Crippen MR) is 144 cm³/mol. The number of carbonyl (C=O) groups is 1. The highest BCUT2D eigenvalue weighted by atomic mass is 32.2. The van der Waals surface area contributed by atoms with E-state index in [1.54, 1.807) is 23.1 Å². The Labute approximate surface area is 214 Å². The molecule has 0 unspecified atom stereocenters. The van der Waals surface area contributed by atoms with E-state index in [1.807, 2.05) is 18.2 Å². The number of nitrogens with zero attached hydrogens (tertiary/aromatic N) is 2. The van der Waals surface area contributed by atoms with Gasteiger partial charge in [-0.15, -0.1) is 11.3 Å². The number of aromatic nitrogens is 2. The largest absolute Gasteiger partial charge is 0.369 e. The molecule has 0 bridgehead atoms. The summed E-state index contributed by atoms with van der Waals surface area (Å²) in [5.41, 5.74) is 2.37. The maximum Gasteiger partial charge on any atom is 0.230 e. The normalized spacial score (nSPS) is 18.6. The van der Waals surface area contributed by atoms with Crippen molar-refractivity contribution >= 4 is 51.0 Å². The van der Waals surface area contributed by atoms with Crippen LogP contribution in [-0.2, 0) is 29.0 Å². The van der Waals surface area contributed by atoms with Crippen LogP contribution in [0.15, 0.2) is 40.5 Å². The van der Waals surface area contributed by atoms with Gasteiger partial charge in [-0.2, -0.15) is 0 Å². The minimum absolute atomic E-state index is 0.0359. The number of nitrogens with one attached hydrogen (secondary N) is 1. The maximum absolute atomic E-state index is 12.8. The molecule has 1 aliphatic heterocycles. The van der Waals surface area contributed by atoms with Crippen molar-refractivity contribution in [2.24, 2.45) is 0 Å². The molecule has 3 heterocycles. The molecule has 4 rings (SSSR count). The van der Waals surface area contributed by atoms with Crippen LogP contribution in [0.1, 0.15) is 56.5 Å². The van der Waals surface area contributed by atoms with Crippen molar-refractivity contribution in [3.8, 4) is 0 Å². The van der Waals surface area contributed by atoms with Crippen molar-refractivity contribution in [1.82, 2.24) is 15.3 Å². The fourth-order valence-corrected chi connectivity index (χ4v) is 6.93. The molecule has 34 heavy (non-hydrogen) atoms. The van der Waals surface area contributed by atoms with Gasteiger partial charge >= 0.3 is 0 Å². The second-order valence-electron chi connectivity index (χ2n) is 9.06. The number of carbonyl (C=O) groups excluding carboxylic acids is 1. The van der Waals surface area contributed by atoms with Crippen LogP contribution < -0.4 is 5.32 Å². The smallest absolute Gasteiger partial charge is 0.230 e. The molecule has 0 saturated carbocycles. The lowest BCUT2D eigenvalue weighted by Crippen LogP contribution is -2.35. The number of fused-ring (bicyclic) bond motifs is 3. The molecular weight excluding hydrogens is 483 g/mol. The van der Waals surface area contributed by atoms with Gasteiger partial charge in [0.05, 0.1) is 18.0 Å². The zero-order valence-corrected chi connectivity index (χ0v) is 22.8. The first kappa shape index (κ1) is 25.5. The summed E-state index contributed by atoms with van der Waals surface area (Å²) in [7, 11) is 0. The predicted octanol–water partition coefficient (Wildman–Crippen LogP) is 6.27. The first-order chi connectivity index (χ1) is 16.4. The zero-order chi connectivity index (χ0) is 24.1. The highest BCUT2D eigenvalue weighted by molar-refractivity contribution is 8.00. The molecule has 1 amide bonds. The number of hydrogen-bond donors (Lipinski definition) is 1. The van der Waals surface area contributed by atoms with Crippen LogP contribution in [0.25, 0.3) is 10.2 Å². The Hall–Kier alpha value is -1.61. The minimum Gasteiger partial charge on any atom is -0.369 e. The molecule has 0 aliphatic carbocycles. The number of hydrogen-bond acceptors (Lipinski definition) is 7. The molecule has 8 heteroatoms. The summed E-state index contributed by atoms with van der Waals surface area (Å²) in [6.45, 7) is 9.19. The fourth-order valence-electron chi connectivity index (χ4n) is 4.08. The molecule has 0 fully saturated rings. The van der Waals surface area contributed by atoms with Crippen molar-refractivity contribution < 1.29 is 9.53 Å². The van der Waals surface area contributed by atoms with Crippen LogP contribution in [-0.4, -0.2) is 39.0 Å². The summed E-state index contributed by atoms with van der Waals surface area (Å²) in [5, 5.41) is 5.99. The number of thioether (sulfide) groups is 2. The topological polar surface area (TPSA) is 64.1 Å². The molecule has 2 aromatic heterocycles. The molecule has 3 aromatic rings. The number of amides is 1. The first-order valence-electron chi connectivity index (χ1n) is 12.0. The maximum atomic E-state index is 12.8. The Bertz CT molecular complexity index is 1140. The summed E-state index contributed by atoms with van der Waals surface area (Å²) in [6.07, 6.45) is 3.71. The van der Waals surface area contributed by atoms with Crippen molar-refractivity contribution in [2.45, 2.75) is 81.8 Å². The Morgan fingerprint density at radius 1 is 1.24 bits per heavy atom. The van der Waals surface area contributed by atoms with Crippen LogP contribution in [0.5, 0.6) is 0 Å². The number of ether oxygens (including phenoxy) is 1. The lowest BCUT2D eigenvalue weighted by Gasteiger charge is -2.33. The first-order valence-corrected chi connectivity index (χ1v) is 14.7. The van der Waals surface area contributed by atoms with Gasteiger partial charge in [-0.25, -0.2) is 9.97 Å². The van der Waals surface area contributed by atoms with Crippen molar-refractivity contribution in [2.75, 3.05) is 11.5 Å². The monoisotopic (exact) mass is 515 g/mol. The third-order valence-corrected chi connectivity index (χ3v) is 9.23. The molecule has 0 spiro atoms. The van der Waals surface area contributed by atoms with Gasteiger partial charge in [0, 0.05) is 28.5 Å². The molecule has 1 aliphatic rings. The van der Waals surface area contributed by atoms with Gasteiger partial charge in [-0.05, 0) is 44.2 Å². The Morgan fingerprint density at radius 2 is 2.03 bits per heavy atom. The second kappa shape index (κ2) is 11.4. The summed E-state index contributed by atoms with van der Waals surface area (Å²) in [6, 6.07) is 10.3. The molecular formula is C26H33N3O2S3. The van der Waals surface area contributed by atoms with Crippen molar-refractivity contribution in [1.29, 1.82) is 0 Å². The summed E-state index contributed by atoms with van der Waals surface area (Å²) in [5.74, 6) is 1.36. The minimum atomic E-state index is -0.164. The van der Waals surface area contributed by atoms with E-state index in [2.05, 4.69) is 45.1 Å². The molecule has 5 nitrogen and oxygen atoms in total. The second-order valence-corrected chi connectivity index (χ2v) is 12.2. The van der Waals surface area contributed by atoms with Gasteiger partial charge in [-0.1, -0.05) is 67.7 Å². The Morgan fingerprint density at radius 3 is 2.76 bits per heavy atom. The van der Waals surface area contributed by atoms with Gasteiger partial charge in [-0.3, -0.25) is 4.79 Å². The third kappa shape index (κ3) is 6.14. The lowest BCUT2D eigenvalue weighted by molar-refractivity contribution is -0.119. The molecule has 0 saturated heterocycles. The van der Waals surface area contributed by atoms with Crippen molar-refractivity contribution in [3.05, 3.63) is 46.3 Å². The van der Waals surface area contributed by atoms with E-state index in [-0.39, 0.29) is 17.6 Å². The third-order valence-electron chi connectivity index (χ3n) is 6.10. The SMILES string of the molecule is CCCSc1nc(SCC(=O)N[C@@H](C)Cc2ccccc2)c2c3c(sc2n1)CO[C@@](C)(CC)C3. The van der Waals surface area contributed by atoms with Crippen LogP contribution in [0.3, 0.4) is 0 Å². The molecule has 182 valence electrons. The Balaban J connectivity index is 1.52. The van der Waals surface area contributed by atoms with Gasteiger partial charge in [0.25, 0.3) is 0 Å². The van der Waals surface area contributed by atoms with E-state index in [4.69, 9.17) is 14.7 Å². The zero-order valence-electron chi connectivity index (χ0n) is 20.3. The Kier molecular flexibility index (Phi) is 8.56. The summed E-state index contributed by atoms with van der Waals surface area (Å²) in [4.78, 5) is 24.8. The lowest BCUT2D eigenvalue weighted by atomic mass is 9.90. The average Bonchev–Trinajstić information content (AvgIpc) is 3.19. The highest BCUT2D eigenvalue weighted by Gasteiger charge is 2.33. The van der Waals surface area contributed by atoms with Crippen LogP contribution in [0, 0.1) is 0 Å². The number of rotatable bonds is 10. The average molecular weight is 516 g/mol. The highest BCUT2D eigenvalue weighted by Crippen LogP contribution is 2.43. The molecule has 0 radical (unpaired) electrons. The van der Waals surface area contributed by atoms with E-state index in [0.29, 0.717) is 12.4 Å². The standard InChI is InChI=1S/C26H33N3O2S3/c1-5-12-32-25-28-23(33-16-21(30)27-17(3)13-18-10-8-7-9-11-18)22-19-14-26(4,6-2)31-15-20(19)34-24(22)29-25/h7-11,17H,5-6,12-16H2,1-4H3,(H,27,30)/t17-,26-/m0/s1. The van der Waals surface area contributed by atoms with E-state index in [1.165, 1.54) is 27.8 Å². The van der Waals surface area contributed by atoms with Gasteiger partial charge < -0.3 is 10.1 Å². The number of benzene rings is 1.